The molecular weight excluding hydrogens is 390 g/mol. The van der Waals surface area contributed by atoms with Crippen LogP contribution in [0.1, 0.15) is 42.3 Å². The third kappa shape index (κ3) is 3.31. The van der Waals surface area contributed by atoms with E-state index in [1.165, 1.54) is 5.56 Å². The van der Waals surface area contributed by atoms with Crippen molar-refractivity contribution in [3.05, 3.63) is 58.6 Å². The Balaban J connectivity index is 1.31. The van der Waals surface area contributed by atoms with E-state index in [4.69, 9.17) is 16.0 Å². The number of rotatable bonds is 4. The second kappa shape index (κ2) is 7.26. The van der Waals surface area contributed by atoms with Crippen molar-refractivity contribution >= 4 is 34.3 Å². The van der Waals surface area contributed by atoms with E-state index in [9.17, 15) is 9.59 Å². The van der Waals surface area contributed by atoms with Crippen LogP contribution >= 0.6 is 11.6 Å². The van der Waals surface area contributed by atoms with Gasteiger partial charge in [0.2, 0.25) is 11.8 Å². The lowest BCUT2D eigenvalue weighted by Crippen LogP contribution is -2.36. The fraction of sp³-hybridized carbons (Fsp3) is 0.364. The van der Waals surface area contributed by atoms with Crippen LogP contribution in [0.5, 0.6) is 0 Å². The number of H-pyrrole nitrogens is 1. The molecular formula is C22H22ClN3O3. The van der Waals surface area contributed by atoms with Crippen molar-refractivity contribution in [2.75, 3.05) is 6.54 Å². The lowest BCUT2D eigenvalue weighted by molar-refractivity contribution is -0.129. The molecule has 1 saturated heterocycles. The Hall–Kier alpha value is -2.73. The van der Waals surface area contributed by atoms with Crippen LogP contribution in [0, 0.1) is 5.92 Å². The Morgan fingerprint density at radius 1 is 1.31 bits per heavy atom. The third-order valence-corrected chi connectivity index (χ3v) is 6.34. The van der Waals surface area contributed by atoms with Crippen molar-refractivity contribution in [3.8, 4) is 0 Å². The maximum absolute atomic E-state index is 12.9. The number of likely N-dealkylation sites (tertiary alicyclic amines) is 1. The molecule has 2 atom stereocenters. The normalized spacial score (nSPS) is 21.6. The fourth-order valence-corrected chi connectivity index (χ4v) is 4.80. The molecule has 1 aliphatic carbocycles. The van der Waals surface area contributed by atoms with Crippen LogP contribution in [0.25, 0.3) is 10.9 Å². The first kappa shape index (κ1) is 18.3. The van der Waals surface area contributed by atoms with E-state index in [1.54, 1.807) is 17.2 Å². The summed E-state index contributed by atoms with van der Waals surface area (Å²) in [5.74, 6) is 0.313. The van der Waals surface area contributed by atoms with Crippen LogP contribution in [-0.2, 0) is 22.6 Å². The Kier molecular flexibility index (Phi) is 4.59. The van der Waals surface area contributed by atoms with Crippen molar-refractivity contribution in [2.24, 2.45) is 5.92 Å². The second-order valence-corrected chi connectivity index (χ2v) is 8.29. The van der Waals surface area contributed by atoms with Crippen LogP contribution in [0.15, 0.2) is 41.0 Å². The highest BCUT2D eigenvalue weighted by Gasteiger charge is 2.36. The van der Waals surface area contributed by atoms with Crippen LogP contribution in [0.2, 0.25) is 5.02 Å². The van der Waals surface area contributed by atoms with Crippen molar-refractivity contribution in [1.82, 2.24) is 15.2 Å². The highest BCUT2D eigenvalue weighted by Crippen LogP contribution is 2.37. The first-order chi connectivity index (χ1) is 14.1. The van der Waals surface area contributed by atoms with E-state index in [0.29, 0.717) is 18.1 Å². The van der Waals surface area contributed by atoms with Gasteiger partial charge in [-0.2, -0.15) is 0 Å². The molecule has 150 valence electrons. The number of fused-ring (bicyclic) bond motifs is 3. The predicted octanol–water partition coefficient (Wildman–Crippen LogP) is 3.96. The minimum Gasteiger partial charge on any atom is -0.467 e. The molecule has 6 nitrogen and oxygen atoms in total. The molecule has 5 rings (SSSR count). The number of carbonyl (C=O) groups excluding carboxylic acids is 2. The fourth-order valence-electron chi connectivity index (χ4n) is 4.58. The molecule has 2 aliphatic rings. The van der Waals surface area contributed by atoms with Crippen LogP contribution in [-0.4, -0.2) is 28.2 Å². The maximum atomic E-state index is 12.9. The van der Waals surface area contributed by atoms with E-state index in [2.05, 4.69) is 16.4 Å². The van der Waals surface area contributed by atoms with Crippen LogP contribution in [0.3, 0.4) is 0 Å². The van der Waals surface area contributed by atoms with Gasteiger partial charge >= 0.3 is 0 Å². The molecule has 0 unspecified atom stereocenters. The molecule has 2 aromatic heterocycles. The monoisotopic (exact) mass is 411 g/mol. The Morgan fingerprint density at radius 2 is 2.21 bits per heavy atom. The molecule has 1 fully saturated rings. The summed E-state index contributed by atoms with van der Waals surface area (Å²) >= 11 is 6.35. The van der Waals surface area contributed by atoms with Crippen molar-refractivity contribution in [1.29, 1.82) is 0 Å². The Morgan fingerprint density at radius 3 is 3.03 bits per heavy atom. The quantitative estimate of drug-likeness (QED) is 0.682. The van der Waals surface area contributed by atoms with E-state index in [1.807, 2.05) is 18.2 Å². The molecule has 2 amide bonds. The molecule has 2 N–H and O–H groups in total. The van der Waals surface area contributed by atoms with Crippen LogP contribution < -0.4 is 5.32 Å². The topological polar surface area (TPSA) is 78.3 Å². The highest BCUT2D eigenvalue weighted by molar-refractivity contribution is 6.35. The van der Waals surface area contributed by atoms with E-state index < -0.39 is 0 Å². The maximum Gasteiger partial charge on any atom is 0.225 e. The Bertz CT molecular complexity index is 1070. The molecule has 1 aliphatic heterocycles. The molecule has 0 saturated carbocycles. The third-order valence-electron chi connectivity index (χ3n) is 6.02. The van der Waals surface area contributed by atoms with Gasteiger partial charge in [-0.3, -0.25) is 9.59 Å². The van der Waals surface area contributed by atoms with Gasteiger partial charge < -0.3 is 19.6 Å². The zero-order valence-corrected chi connectivity index (χ0v) is 16.7. The SMILES string of the molecule is O=C(N[C@@H]1CCCc2c1[nH]c1c(Cl)cccc21)[C@H]1CC(=O)N(Cc2ccco2)C1. The first-order valence-electron chi connectivity index (χ1n) is 9.99. The van der Waals surface area contributed by atoms with Gasteiger partial charge in [-0.1, -0.05) is 23.7 Å². The molecule has 0 radical (unpaired) electrons. The van der Waals surface area contributed by atoms with Gasteiger partial charge in [0.15, 0.2) is 0 Å². The number of para-hydroxylation sites is 1. The average Bonchev–Trinajstić information content (AvgIpc) is 3.43. The number of furan rings is 1. The van der Waals surface area contributed by atoms with Crippen LogP contribution in [0.4, 0.5) is 0 Å². The number of benzene rings is 1. The number of nitrogens with zero attached hydrogens (tertiary/aromatic N) is 1. The van der Waals surface area contributed by atoms with Gasteiger partial charge in [0.1, 0.15) is 5.76 Å². The van der Waals surface area contributed by atoms with Gasteiger partial charge in [-0.15, -0.1) is 0 Å². The summed E-state index contributed by atoms with van der Waals surface area (Å²) in [5, 5.41) is 5.00. The minimum absolute atomic E-state index is 0.0109. The van der Waals surface area contributed by atoms with Gasteiger partial charge in [-0.25, -0.2) is 0 Å². The number of halogens is 1. The molecule has 29 heavy (non-hydrogen) atoms. The minimum atomic E-state index is -0.337. The number of carbonyl (C=O) groups is 2. The molecule has 0 spiro atoms. The number of nitrogens with one attached hydrogen (secondary N) is 2. The number of hydrogen-bond donors (Lipinski definition) is 2. The van der Waals surface area contributed by atoms with Gasteiger partial charge in [-0.05, 0) is 43.0 Å². The molecule has 3 aromatic rings. The molecule has 3 heterocycles. The van der Waals surface area contributed by atoms with E-state index >= 15 is 0 Å². The summed E-state index contributed by atoms with van der Waals surface area (Å²) in [7, 11) is 0. The number of aryl methyl sites for hydroxylation is 1. The van der Waals surface area contributed by atoms with Gasteiger partial charge in [0, 0.05) is 24.0 Å². The van der Waals surface area contributed by atoms with E-state index in [0.717, 1.165) is 41.6 Å². The number of hydrogen-bond acceptors (Lipinski definition) is 3. The first-order valence-corrected chi connectivity index (χ1v) is 10.4. The molecule has 1 aromatic carbocycles. The molecule has 7 heteroatoms. The summed E-state index contributed by atoms with van der Waals surface area (Å²) < 4.78 is 5.33. The largest absolute Gasteiger partial charge is 0.467 e. The zero-order valence-electron chi connectivity index (χ0n) is 15.9. The lowest BCUT2D eigenvalue weighted by atomic mass is 9.91. The zero-order chi connectivity index (χ0) is 20.0. The smallest absolute Gasteiger partial charge is 0.225 e. The van der Waals surface area contributed by atoms with Crippen molar-refractivity contribution < 1.29 is 14.0 Å². The average molecular weight is 412 g/mol. The van der Waals surface area contributed by atoms with Crippen molar-refractivity contribution in [2.45, 2.75) is 38.3 Å². The van der Waals surface area contributed by atoms with Gasteiger partial charge in [0.05, 0.1) is 35.3 Å². The van der Waals surface area contributed by atoms with Gasteiger partial charge in [0.25, 0.3) is 0 Å². The summed E-state index contributed by atoms with van der Waals surface area (Å²) in [6.07, 6.45) is 4.68. The highest BCUT2D eigenvalue weighted by atomic mass is 35.5. The summed E-state index contributed by atoms with van der Waals surface area (Å²) in [4.78, 5) is 30.4. The number of aromatic amines is 1. The molecule has 0 bridgehead atoms. The summed E-state index contributed by atoms with van der Waals surface area (Å²) in [5.41, 5.74) is 3.21. The number of amides is 2. The Labute approximate surface area is 173 Å². The summed E-state index contributed by atoms with van der Waals surface area (Å²) in [6, 6.07) is 9.46. The lowest BCUT2D eigenvalue weighted by Gasteiger charge is -2.25. The predicted molar refractivity (Wildman–Crippen MR) is 109 cm³/mol. The summed E-state index contributed by atoms with van der Waals surface area (Å²) in [6.45, 7) is 0.827. The number of aromatic nitrogens is 1. The van der Waals surface area contributed by atoms with Crippen molar-refractivity contribution in [3.63, 3.8) is 0 Å². The second-order valence-electron chi connectivity index (χ2n) is 7.89. The van der Waals surface area contributed by atoms with E-state index in [-0.39, 0.29) is 30.2 Å². The standard InChI is InChI=1S/C22H22ClN3O3/c23-17-7-1-5-15-16-6-2-8-18(21(16)25-20(15)17)24-22(28)13-10-19(27)26(11-13)12-14-4-3-9-29-14/h1,3-5,7,9,13,18,25H,2,6,8,10-12H2,(H,24,28)/t13-,18+/m0/s1.